The van der Waals surface area contributed by atoms with Crippen molar-refractivity contribution in [3.8, 4) is 0 Å². The van der Waals surface area contributed by atoms with Gasteiger partial charge in [-0.1, -0.05) is 6.07 Å². The number of carbonyl (C=O) groups is 1. The van der Waals surface area contributed by atoms with E-state index in [4.69, 9.17) is 0 Å². The smallest absolute Gasteiger partial charge is 0.254 e. The maximum Gasteiger partial charge on any atom is 0.254 e. The normalized spacial score (nSPS) is 10.4. The highest BCUT2D eigenvalue weighted by Gasteiger charge is 2.14. The van der Waals surface area contributed by atoms with E-state index in [1.54, 1.807) is 11.9 Å². The first kappa shape index (κ1) is 14.0. The van der Waals surface area contributed by atoms with Crippen LogP contribution >= 0.6 is 0 Å². The standard InChI is InChI=1S/C14H19N5O/c1-10-15-13(17-16-10)9-19(4)14(20)11-6-5-7-12(8-11)18(2)3/h5-8H,9H2,1-4H3,(H,15,16,17). The molecule has 0 saturated heterocycles. The summed E-state index contributed by atoms with van der Waals surface area (Å²) in [6.45, 7) is 2.22. The van der Waals surface area contributed by atoms with Crippen molar-refractivity contribution >= 4 is 11.6 Å². The average Bonchev–Trinajstić information content (AvgIpc) is 2.83. The molecule has 1 N–H and O–H groups in total. The first-order valence-corrected chi connectivity index (χ1v) is 6.38. The lowest BCUT2D eigenvalue weighted by Crippen LogP contribution is -2.27. The predicted octanol–water partition coefficient (Wildman–Crippen LogP) is 1.45. The average molecular weight is 273 g/mol. The Hall–Kier alpha value is -2.37. The molecule has 1 amide bonds. The highest BCUT2D eigenvalue weighted by Crippen LogP contribution is 2.15. The monoisotopic (exact) mass is 273 g/mol. The Balaban J connectivity index is 2.12. The number of hydrogen-bond donors (Lipinski definition) is 1. The zero-order valence-corrected chi connectivity index (χ0v) is 12.2. The van der Waals surface area contributed by atoms with E-state index in [1.165, 1.54) is 0 Å². The second-order valence-corrected chi connectivity index (χ2v) is 4.94. The summed E-state index contributed by atoms with van der Waals surface area (Å²) in [5, 5.41) is 6.81. The van der Waals surface area contributed by atoms with Crippen LogP contribution in [0.1, 0.15) is 22.0 Å². The highest BCUT2D eigenvalue weighted by molar-refractivity contribution is 5.94. The van der Waals surface area contributed by atoms with Crippen molar-refractivity contribution in [1.82, 2.24) is 20.1 Å². The lowest BCUT2D eigenvalue weighted by Gasteiger charge is -2.17. The lowest BCUT2D eigenvalue weighted by atomic mass is 10.1. The molecule has 2 rings (SSSR count). The van der Waals surface area contributed by atoms with Gasteiger partial charge in [-0.25, -0.2) is 4.98 Å². The number of aryl methyl sites for hydroxylation is 1. The molecular weight excluding hydrogens is 254 g/mol. The molecule has 20 heavy (non-hydrogen) atoms. The maximum atomic E-state index is 12.4. The number of hydrogen-bond acceptors (Lipinski definition) is 4. The molecule has 6 heteroatoms. The van der Waals surface area contributed by atoms with Crippen LogP contribution in [0.5, 0.6) is 0 Å². The van der Waals surface area contributed by atoms with Crippen LogP contribution in [0.25, 0.3) is 0 Å². The van der Waals surface area contributed by atoms with Crippen LogP contribution in [0.2, 0.25) is 0 Å². The van der Waals surface area contributed by atoms with E-state index in [2.05, 4.69) is 15.2 Å². The van der Waals surface area contributed by atoms with Gasteiger partial charge in [0.15, 0.2) is 5.82 Å². The summed E-state index contributed by atoms with van der Waals surface area (Å²) in [7, 11) is 5.64. The molecule has 0 radical (unpaired) electrons. The van der Waals surface area contributed by atoms with Crippen LogP contribution in [0, 0.1) is 6.92 Å². The Kier molecular flexibility index (Phi) is 4.02. The fraction of sp³-hybridized carbons (Fsp3) is 0.357. The van der Waals surface area contributed by atoms with Gasteiger partial charge in [0.05, 0.1) is 6.54 Å². The highest BCUT2D eigenvalue weighted by atomic mass is 16.2. The minimum Gasteiger partial charge on any atom is -0.378 e. The molecule has 1 heterocycles. The fourth-order valence-electron chi connectivity index (χ4n) is 1.88. The first-order valence-electron chi connectivity index (χ1n) is 6.38. The molecule has 0 aliphatic rings. The molecule has 0 atom stereocenters. The second-order valence-electron chi connectivity index (χ2n) is 4.94. The van der Waals surface area contributed by atoms with Crippen LogP contribution in [0.15, 0.2) is 24.3 Å². The summed E-state index contributed by atoms with van der Waals surface area (Å²) >= 11 is 0. The summed E-state index contributed by atoms with van der Waals surface area (Å²) in [5.74, 6) is 1.31. The molecule has 0 bridgehead atoms. The Bertz CT molecular complexity index is 605. The van der Waals surface area contributed by atoms with Gasteiger partial charge in [0.25, 0.3) is 5.91 Å². The number of benzene rings is 1. The summed E-state index contributed by atoms with van der Waals surface area (Å²) in [6, 6.07) is 7.54. The summed E-state index contributed by atoms with van der Waals surface area (Å²) in [4.78, 5) is 20.2. The number of rotatable bonds is 4. The Morgan fingerprint density at radius 1 is 1.30 bits per heavy atom. The summed E-state index contributed by atoms with van der Waals surface area (Å²) in [5.41, 5.74) is 1.66. The minimum atomic E-state index is -0.0452. The molecule has 1 aromatic carbocycles. The number of carbonyl (C=O) groups excluding carboxylic acids is 1. The molecule has 0 aliphatic heterocycles. The quantitative estimate of drug-likeness (QED) is 0.915. The zero-order chi connectivity index (χ0) is 14.7. The summed E-state index contributed by atoms with van der Waals surface area (Å²) < 4.78 is 0. The summed E-state index contributed by atoms with van der Waals surface area (Å²) in [6.07, 6.45) is 0. The lowest BCUT2D eigenvalue weighted by molar-refractivity contribution is 0.0781. The van der Waals surface area contributed by atoms with Crippen molar-refractivity contribution in [2.75, 3.05) is 26.0 Å². The first-order chi connectivity index (χ1) is 9.47. The minimum absolute atomic E-state index is 0.0452. The van der Waals surface area contributed by atoms with Crippen LogP contribution < -0.4 is 4.90 Å². The van der Waals surface area contributed by atoms with Gasteiger partial charge < -0.3 is 9.80 Å². The third-order valence-electron chi connectivity index (χ3n) is 2.98. The van der Waals surface area contributed by atoms with Gasteiger partial charge in [-0.15, -0.1) is 0 Å². The van der Waals surface area contributed by atoms with Gasteiger partial charge >= 0.3 is 0 Å². The van der Waals surface area contributed by atoms with Gasteiger partial charge in [0.2, 0.25) is 0 Å². The van der Waals surface area contributed by atoms with E-state index in [0.29, 0.717) is 17.9 Å². The molecule has 0 fully saturated rings. The maximum absolute atomic E-state index is 12.4. The predicted molar refractivity (Wildman–Crippen MR) is 77.7 cm³/mol. The van der Waals surface area contributed by atoms with E-state index in [0.717, 1.165) is 11.5 Å². The largest absolute Gasteiger partial charge is 0.378 e. The zero-order valence-electron chi connectivity index (χ0n) is 12.2. The topological polar surface area (TPSA) is 65.1 Å². The van der Waals surface area contributed by atoms with E-state index in [9.17, 15) is 4.79 Å². The number of nitrogens with one attached hydrogen (secondary N) is 1. The molecule has 1 aromatic heterocycles. The molecule has 2 aromatic rings. The second kappa shape index (κ2) is 5.73. The van der Waals surface area contributed by atoms with Crippen LogP contribution in [-0.2, 0) is 6.54 Å². The third kappa shape index (κ3) is 3.14. The van der Waals surface area contributed by atoms with Crippen molar-refractivity contribution in [2.24, 2.45) is 0 Å². The molecule has 0 aliphatic carbocycles. The van der Waals surface area contributed by atoms with E-state index in [1.807, 2.05) is 50.2 Å². The van der Waals surface area contributed by atoms with Crippen molar-refractivity contribution in [3.05, 3.63) is 41.5 Å². The Labute approximate surface area is 118 Å². The van der Waals surface area contributed by atoms with E-state index >= 15 is 0 Å². The van der Waals surface area contributed by atoms with E-state index < -0.39 is 0 Å². The SMILES string of the molecule is Cc1nc(CN(C)C(=O)c2cccc(N(C)C)c2)n[nH]1. The fourth-order valence-corrected chi connectivity index (χ4v) is 1.88. The molecule has 6 nitrogen and oxygen atoms in total. The number of H-pyrrole nitrogens is 1. The van der Waals surface area contributed by atoms with Crippen molar-refractivity contribution in [1.29, 1.82) is 0 Å². The molecular formula is C14H19N5O. The number of anilines is 1. The van der Waals surface area contributed by atoms with Gasteiger partial charge in [-0.2, -0.15) is 5.10 Å². The van der Waals surface area contributed by atoms with Crippen LogP contribution in [-0.4, -0.2) is 47.1 Å². The third-order valence-corrected chi connectivity index (χ3v) is 2.98. The number of aromatic amines is 1. The van der Waals surface area contributed by atoms with Gasteiger partial charge in [0, 0.05) is 32.4 Å². The Morgan fingerprint density at radius 3 is 2.65 bits per heavy atom. The Morgan fingerprint density at radius 2 is 2.05 bits per heavy atom. The number of nitrogens with zero attached hydrogens (tertiary/aromatic N) is 4. The van der Waals surface area contributed by atoms with Crippen molar-refractivity contribution < 1.29 is 4.79 Å². The number of aromatic nitrogens is 3. The van der Waals surface area contributed by atoms with Gasteiger partial charge in [-0.3, -0.25) is 9.89 Å². The van der Waals surface area contributed by atoms with Crippen LogP contribution in [0.3, 0.4) is 0 Å². The molecule has 0 unspecified atom stereocenters. The molecule has 0 saturated carbocycles. The van der Waals surface area contributed by atoms with Gasteiger partial charge in [-0.05, 0) is 25.1 Å². The van der Waals surface area contributed by atoms with E-state index in [-0.39, 0.29) is 5.91 Å². The van der Waals surface area contributed by atoms with Crippen molar-refractivity contribution in [3.63, 3.8) is 0 Å². The molecule has 0 spiro atoms. The molecule has 106 valence electrons. The van der Waals surface area contributed by atoms with Gasteiger partial charge in [0.1, 0.15) is 5.82 Å². The van der Waals surface area contributed by atoms with Crippen molar-refractivity contribution in [2.45, 2.75) is 13.5 Å². The van der Waals surface area contributed by atoms with Crippen LogP contribution in [0.4, 0.5) is 5.69 Å². The number of amides is 1.